The average molecular weight is 404 g/mol. The first-order valence-electron chi connectivity index (χ1n) is 9.42. The molecule has 0 aliphatic carbocycles. The molecule has 2 rings (SSSR count). The van der Waals surface area contributed by atoms with E-state index < -0.39 is 15.3 Å². The molecule has 0 bridgehead atoms. The highest BCUT2D eigenvalue weighted by molar-refractivity contribution is 7.91. The summed E-state index contributed by atoms with van der Waals surface area (Å²) in [5.41, 5.74) is 0.452. The summed E-state index contributed by atoms with van der Waals surface area (Å²) in [7, 11) is -2.39. The number of methoxy groups -OCH3 is 1. The van der Waals surface area contributed by atoms with Gasteiger partial charge in [0, 0.05) is 18.5 Å². The molecule has 0 heterocycles. The van der Waals surface area contributed by atoms with E-state index in [2.05, 4.69) is 0 Å². The first-order chi connectivity index (χ1) is 13.2. The fourth-order valence-electron chi connectivity index (χ4n) is 3.37. The molecule has 0 aromatic heterocycles. The van der Waals surface area contributed by atoms with Gasteiger partial charge in [0.15, 0.2) is 9.84 Å². The first kappa shape index (κ1) is 22.0. The fraction of sp³-hybridized carbons (Fsp3) is 0.409. The van der Waals surface area contributed by atoms with Crippen LogP contribution in [0.1, 0.15) is 43.6 Å². The Hall–Kier alpha value is -2.34. The lowest BCUT2D eigenvalue weighted by molar-refractivity contribution is 0.0768. The van der Waals surface area contributed by atoms with Gasteiger partial charge in [-0.2, -0.15) is 0 Å². The summed E-state index contributed by atoms with van der Waals surface area (Å²) in [5, 5.41) is 0. The van der Waals surface area contributed by atoms with Gasteiger partial charge in [0.05, 0.1) is 18.4 Å². The van der Waals surface area contributed by atoms with E-state index in [1.54, 1.807) is 23.1 Å². The minimum atomic E-state index is -3.81. The van der Waals surface area contributed by atoms with Crippen molar-refractivity contribution in [1.82, 2.24) is 4.90 Å². The third kappa shape index (κ3) is 4.55. The van der Waals surface area contributed by atoms with Gasteiger partial charge < -0.3 is 9.64 Å². The molecule has 0 saturated carbocycles. The molecule has 0 radical (unpaired) electrons. The van der Waals surface area contributed by atoms with Crippen LogP contribution in [0.15, 0.2) is 53.4 Å². The highest BCUT2D eigenvalue weighted by Crippen LogP contribution is 2.34. The molecule has 2 aromatic carbocycles. The summed E-state index contributed by atoms with van der Waals surface area (Å²) in [6.07, 6.45) is 0. The summed E-state index contributed by atoms with van der Waals surface area (Å²) in [5.74, 6) is -0.245. The SMILES string of the molecule is CCN(CC)C(=O)c1cccc(OC)c1S(=O)(=O)CC(C)(C)c1ccccc1. The molecule has 0 saturated heterocycles. The maximum absolute atomic E-state index is 13.5. The number of amides is 1. The number of hydrogen-bond donors (Lipinski definition) is 0. The van der Waals surface area contributed by atoms with Crippen LogP contribution < -0.4 is 4.74 Å². The minimum Gasteiger partial charge on any atom is -0.495 e. The third-order valence-electron chi connectivity index (χ3n) is 4.90. The van der Waals surface area contributed by atoms with Gasteiger partial charge in [-0.3, -0.25) is 4.79 Å². The number of hydrogen-bond acceptors (Lipinski definition) is 4. The number of sulfone groups is 1. The lowest BCUT2D eigenvalue weighted by Crippen LogP contribution is -2.33. The molecule has 0 atom stereocenters. The van der Waals surface area contributed by atoms with Crippen molar-refractivity contribution in [2.75, 3.05) is 26.0 Å². The number of nitrogens with zero attached hydrogens (tertiary/aromatic N) is 1. The summed E-state index contributed by atoms with van der Waals surface area (Å²) in [4.78, 5) is 14.6. The Bertz CT molecular complexity index is 917. The second kappa shape index (κ2) is 8.78. The number of ether oxygens (including phenoxy) is 1. The van der Waals surface area contributed by atoms with Crippen LogP contribution in [0.2, 0.25) is 0 Å². The van der Waals surface area contributed by atoms with Gasteiger partial charge in [0.2, 0.25) is 0 Å². The monoisotopic (exact) mass is 403 g/mol. The van der Waals surface area contributed by atoms with Crippen LogP contribution in [0, 0.1) is 0 Å². The van der Waals surface area contributed by atoms with E-state index in [-0.39, 0.29) is 27.9 Å². The zero-order valence-electron chi connectivity index (χ0n) is 17.2. The predicted octanol–water partition coefficient (Wildman–Crippen LogP) is 3.93. The van der Waals surface area contributed by atoms with Crippen LogP contribution in [0.4, 0.5) is 0 Å². The number of carbonyl (C=O) groups is 1. The van der Waals surface area contributed by atoms with Gasteiger partial charge in [0.25, 0.3) is 5.91 Å². The third-order valence-corrected chi connectivity index (χ3v) is 7.04. The molecular formula is C22H29NO4S. The van der Waals surface area contributed by atoms with Gasteiger partial charge in [-0.25, -0.2) is 8.42 Å². The lowest BCUT2D eigenvalue weighted by atomic mass is 9.87. The van der Waals surface area contributed by atoms with Crippen LogP contribution in [0.25, 0.3) is 0 Å². The molecule has 0 N–H and O–H groups in total. The van der Waals surface area contributed by atoms with Crippen molar-refractivity contribution >= 4 is 15.7 Å². The first-order valence-corrected chi connectivity index (χ1v) is 11.1. The average Bonchev–Trinajstić information content (AvgIpc) is 2.68. The molecular weight excluding hydrogens is 374 g/mol. The molecule has 0 unspecified atom stereocenters. The Labute approximate surface area is 168 Å². The maximum Gasteiger partial charge on any atom is 0.255 e. The van der Waals surface area contributed by atoms with E-state index in [4.69, 9.17) is 4.74 Å². The largest absolute Gasteiger partial charge is 0.495 e. The van der Waals surface area contributed by atoms with Gasteiger partial charge in [0.1, 0.15) is 10.6 Å². The zero-order chi connectivity index (χ0) is 20.9. The fourth-order valence-corrected chi connectivity index (χ4v) is 5.58. The zero-order valence-corrected chi connectivity index (χ0v) is 18.0. The highest BCUT2D eigenvalue weighted by atomic mass is 32.2. The Morgan fingerprint density at radius 1 is 1.00 bits per heavy atom. The minimum absolute atomic E-state index is 0.0293. The van der Waals surface area contributed by atoms with E-state index in [1.807, 2.05) is 58.0 Å². The van der Waals surface area contributed by atoms with Gasteiger partial charge in [-0.1, -0.05) is 50.2 Å². The van der Waals surface area contributed by atoms with Crippen molar-refractivity contribution in [1.29, 1.82) is 0 Å². The van der Waals surface area contributed by atoms with Crippen LogP contribution >= 0.6 is 0 Å². The molecule has 1 amide bonds. The van der Waals surface area contributed by atoms with Gasteiger partial charge in [-0.15, -0.1) is 0 Å². The van der Waals surface area contributed by atoms with E-state index in [0.29, 0.717) is 13.1 Å². The Morgan fingerprint density at radius 2 is 1.61 bits per heavy atom. The van der Waals surface area contributed by atoms with Crippen LogP contribution in [0.3, 0.4) is 0 Å². The van der Waals surface area contributed by atoms with Crippen molar-refractivity contribution in [3.63, 3.8) is 0 Å². The second-order valence-electron chi connectivity index (χ2n) is 7.32. The number of rotatable bonds is 8. The normalized spacial score (nSPS) is 11.9. The molecule has 152 valence electrons. The van der Waals surface area contributed by atoms with Crippen LogP contribution in [0.5, 0.6) is 5.75 Å². The highest BCUT2D eigenvalue weighted by Gasteiger charge is 2.34. The Balaban J connectivity index is 2.57. The van der Waals surface area contributed by atoms with Crippen LogP contribution in [-0.2, 0) is 15.3 Å². The quantitative estimate of drug-likeness (QED) is 0.670. The van der Waals surface area contributed by atoms with Crippen molar-refractivity contribution in [2.24, 2.45) is 0 Å². The molecule has 0 aliphatic heterocycles. The molecule has 0 fully saturated rings. The molecule has 6 heteroatoms. The van der Waals surface area contributed by atoms with Gasteiger partial charge >= 0.3 is 0 Å². The van der Waals surface area contributed by atoms with Gasteiger partial charge in [-0.05, 0) is 31.5 Å². The molecule has 0 spiro atoms. The van der Waals surface area contributed by atoms with Crippen molar-refractivity contribution in [3.8, 4) is 5.75 Å². The summed E-state index contributed by atoms with van der Waals surface area (Å²) >= 11 is 0. The summed E-state index contributed by atoms with van der Waals surface area (Å²) < 4.78 is 32.3. The molecule has 28 heavy (non-hydrogen) atoms. The van der Waals surface area contributed by atoms with E-state index in [9.17, 15) is 13.2 Å². The van der Waals surface area contributed by atoms with E-state index in [1.165, 1.54) is 7.11 Å². The molecule has 0 aliphatic rings. The summed E-state index contributed by atoms with van der Waals surface area (Å²) in [6.45, 7) is 8.52. The number of carbonyl (C=O) groups excluding carboxylic acids is 1. The van der Waals surface area contributed by atoms with E-state index >= 15 is 0 Å². The molecule has 2 aromatic rings. The van der Waals surface area contributed by atoms with E-state index in [0.717, 1.165) is 5.56 Å². The molecule has 5 nitrogen and oxygen atoms in total. The summed E-state index contributed by atoms with van der Waals surface area (Å²) in [6, 6.07) is 14.3. The lowest BCUT2D eigenvalue weighted by Gasteiger charge is -2.27. The Kier molecular flexibility index (Phi) is 6.88. The standard InChI is InChI=1S/C22H29NO4S/c1-6-23(7-2)21(24)18-14-11-15-19(27-5)20(18)28(25,26)16-22(3,4)17-12-9-8-10-13-17/h8-15H,6-7,16H2,1-5H3. The maximum atomic E-state index is 13.5. The smallest absolute Gasteiger partial charge is 0.255 e. The van der Waals surface area contributed by atoms with Crippen LogP contribution in [-0.4, -0.2) is 45.2 Å². The topological polar surface area (TPSA) is 63.7 Å². The van der Waals surface area contributed by atoms with Crippen molar-refractivity contribution in [3.05, 3.63) is 59.7 Å². The second-order valence-corrected chi connectivity index (χ2v) is 9.25. The Morgan fingerprint density at radius 3 is 2.14 bits per heavy atom. The van der Waals surface area contributed by atoms with Crippen molar-refractivity contribution in [2.45, 2.75) is 38.0 Å². The number of benzene rings is 2. The van der Waals surface area contributed by atoms with Crippen molar-refractivity contribution < 1.29 is 17.9 Å². The predicted molar refractivity (Wildman–Crippen MR) is 112 cm³/mol.